The number of halogens is 1. The van der Waals surface area contributed by atoms with E-state index in [1.165, 1.54) is 0 Å². The van der Waals surface area contributed by atoms with Gasteiger partial charge in [-0.2, -0.15) is 0 Å². The van der Waals surface area contributed by atoms with Crippen molar-refractivity contribution in [2.45, 2.75) is 19.9 Å². The van der Waals surface area contributed by atoms with Crippen LogP contribution in [0.15, 0.2) is 28.1 Å². The fourth-order valence-corrected chi connectivity index (χ4v) is 2.75. The number of aryl methyl sites for hydroxylation is 1. The summed E-state index contributed by atoms with van der Waals surface area (Å²) in [5, 5.41) is 6.59. The zero-order valence-corrected chi connectivity index (χ0v) is 12.9. The highest BCUT2D eigenvalue weighted by Crippen LogP contribution is 2.31. The number of aromatic nitrogens is 1. The van der Waals surface area contributed by atoms with Crippen LogP contribution in [0.4, 0.5) is 5.69 Å². The van der Waals surface area contributed by atoms with Gasteiger partial charge >= 0.3 is 0 Å². The van der Waals surface area contributed by atoms with Gasteiger partial charge in [0.2, 0.25) is 0 Å². The van der Waals surface area contributed by atoms with Crippen molar-refractivity contribution in [2.24, 2.45) is 0 Å². The molecule has 0 aliphatic carbocycles. The van der Waals surface area contributed by atoms with Gasteiger partial charge in [0, 0.05) is 9.85 Å². The Bertz CT molecular complexity index is 542. The Morgan fingerprint density at radius 1 is 1.44 bits per heavy atom. The molecule has 18 heavy (non-hydrogen) atoms. The molecule has 1 N–H and O–H groups in total. The molecule has 1 aromatic heterocycles. The highest BCUT2D eigenvalue weighted by Gasteiger charge is 2.11. The molecule has 3 nitrogen and oxygen atoms in total. The number of nitrogens with zero attached hydrogens (tertiary/aromatic N) is 1. The summed E-state index contributed by atoms with van der Waals surface area (Å²) in [6.45, 7) is 4.11. The van der Waals surface area contributed by atoms with E-state index in [0.717, 1.165) is 26.6 Å². The van der Waals surface area contributed by atoms with E-state index in [1.54, 1.807) is 18.4 Å². The van der Waals surface area contributed by atoms with E-state index >= 15 is 0 Å². The largest absolute Gasteiger partial charge is 0.495 e. The van der Waals surface area contributed by atoms with E-state index in [4.69, 9.17) is 4.74 Å². The maximum absolute atomic E-state index is 5.34. The van der Waals surface area contributed by atoms with Crippen LogP contribution in [-0.2, 0) is 0 Å². The van der Waals surface area contributed by atoms with E-state index in [0.29, 0.717) is 0 Å². The van der Waals surface area contributed by atoms with Crippen LogP contribution in [-0.4, -0.2) is 12.1 Å². The number of methoxy groups -OCH3 is 1. The molecule has 2 aromatic rings. The monoisotopic (exact) mass is 326 g/mol. The zero-order chi connectivity index (χ0) is 13.1. The van der Waals surface area contributed by atoms with Gasteiger partial charge in [-0.15, -0.1) is 11.3 Å². The Balaban J connectivity index is 2.20. The van der Waals surface area contributed by atoms with E-state index in [-0.39, 0.29) is 6.04 Å². The molecule has 2 rings (SSSR count). The van der Waals surface area contributed by atoms with E-state index in [2.05, 4.69) is 38.5 Å². The molecule has 0 fully saturated rings. The number of hydrogen-bond donors (Lipinski definition) is 1. The van der Waals surface area contributed by atoms with Crippen molar-refractivity contribution >= 4 is 33.0 Å². The fraction of sp³-hybridized carbons (Fsp3) is 0.308. The molecule has 5 heteroatoms. The minimum absolute atomic E-state index is 0.151. The third-order valence-corrected chi connectivity index (χ3v) is 3.90. The van der Waals surface area contributed by atoms with Crippen LogP contribution < -0.4 is 10.1 Å². The first-order valence-corrected chi connectivity index (χ1v) is 7.29. The summed E-state index contributed by atoms with van der Waals surface area (Å²) >= 11 is 5.13. The lowest BCUT2D eigenvalue weighted by Crippen LogP contribution is -2.08. The topological polar surface area (TPSA) is 34.1 Å². The first kappa shape index (κ1) is 13.4. The molecular formula is C13H15BrN2OS. The van der Waals surface area contributed by atoms with Gasteiger partial charge < -0.3 is 10.1 Å². The molecule has 1 atom stereocenters. The molecule has 0 saturated carbocycles. The summed E-state index contributed by atoms with van der Waals surface area (Å²) < 4.78 is 6.36. The van der Waals surface area contributed by atoms with Gasteiger partial charge in [-0.25, -0.2) is 4.98 Å². The van der Waals surface area contributed by atoms with Gasteiger partial charge in [0.15, 0.2) is 0 Å². The van der Waals surface area contributed by atoms with Crippen molar-refractivity contribution in [1.82, 2.24) is 4.98 Å². The van der Waals surface area contributed by atoms with E-state index in [1.807, 2.05) is 25.1 Å². The van der Waals surface area contributed by atoms with Crippen molar-refractivity contribution in [3.63, 3.8) is 0 Å². The van der Waals surface area contributed by atoms with E-state index < -0.39 is 0 Å². The second kappa shape index (κ2) is 5.71. The van der Waals surface area contributed by atoms with Gasteiger partial charge in [0.05, 0.1) is 29.5 Å². The van der Waals surface area contributed by atoms with Crippen LogP contribution >= 0.6 is 27.3 Å². The smallest absolute Gasteiger partial charge is 0.142 e. The maximum atomic E-state index is 5.34. The maximum Gasteiger partial charge on any atom is 0.142 e. The highest BCUT2D eigenvalue weighted by molar-refractivity contribution is 9.10. The van der Waals surface area contributed by atoms with Gasteiger partial charge in [-0.1, -0.05) is 15.9 Å². The van der Waals surface area contributed by atoms with Crippen molar-refractivity contribution in [3.05, 3.63) is 38.8 Å². The van der Waals surface area contributed by atoms with Gasteiger partial charge in [-0.05, 0) is 32.0 Å². The summed E-state index contributed by atoms with van der Waals surface area (Å²) in [7, 11) is 1.67. The van der Waals surface area contributed by atoms with Crippen LogP contribution in [0.1, 0.15) is 23.7 Å². The molecule has 0 radical (unpaired) electrons. The first-order valence-electron chi connectivity index (χ1n) is 5.62. The minimum atomic E-state index is 0.151. The Morgan fingerprint density at radius 2 is 2.22 bits per heavy atom. The molecule has 1 heterocycles. The number of thiazole rings is 1. The molecule has 0 saturated heterocycles. The number of anilines is 1. The van der Waals surface area contributed by atoms with Crippen LogP contribution in [0, 0.1) is 6.92 Å². The molecule has 0 aliphatic heterocycles. The summed E-state index contributed by atoms with van der Waals surface area (Å²) in [6, 6.07) is 6.06. The lowest BCUT2D eigenvalue weighted by Gasteiger charge is -2.16. The quantitative estimate of drug-likeness (QED) is 0.904. The fourth-order valence-electron chi connectivity index (χ4n) is 1.68. The van der Waals surface area contributed by atoms with Crippen molar-refractivity contribution in [2.75, 3.05) is 12.4 Å². The summed E-state index contributed by atoms with van der Waals surface area (Å²) in [5.74, 6) is 0.831. The molecule has 96 valence electrons. The summed E-state index contributed by atoms with van der Waals surface area (Å²) in [6.07, 6.45) is 0. The van der Waals surface area contributed by atoms with Crippen LogP contribution in [0.2, 0.25) is 0 Å². The lowest BCUT2D eigenvalue weighted by atomic mass is 10.2. The van der Waals surface area contributed by atoms with E-state index in [9.17, 15) is 0 Å². The van der Waals surface area contributed by atoms with Gasteiger partial charge in [-0.3, -0.25) is 0 Å². The third-order valence-electron chi connectivity index (χ3n) is 2.61. The molecular weight excluding hydrogens is 312 g/mol. The second-order valence-corrected chi connectivity index (χ2v) is 5.98. The summed E-state index contributed by atoms with van der Waals surface area (Å²) in [4.78, 5) is 4.49. The van der Waals surface area contributed by atoms with Crippen LogP contribution in [0.3, 0.4) is 0 Å². The standard InChI is InChI=1S/C13H15BrN2OS/c1-8(12-7-18-9(2)16-12)15-11-6-10(14)4-5-13(11)17-3/h4-8,15H,1-3H3. The molecule has 1 aromatic carbocycles. The molecule has 0 amide bonds. The predicted molar refractivity (Wildman–Crippen MR) is 79.6 cm³/mol. The second-order valence-electron chi connectivity index (χ2n) is 4.00. The number of hydrogen-bond acceptors (Lipinski definition) is 4. The Hall–Kier alpha value is -1.07. The average Bonchev–Trinajstić information content (AvgIpc) is 2.76. The first-order chi connectivity index (χ1) is 8.60. The normalized spacial score (nSPS) is 12.2. The SMILES string of the molecule is COc1ccc(Br)cc1NC(C)c1csc(C)n1. The number of nitrogens with one attached hydrogen (secondary N) is 1. The highest BCUT2D eigenvalue weighted by atomic mass is 79.9. The summed E-state index contributed by atoms with van der Waals surface area (Å²) in [5.41, 5.74) is 2.02. The average molecular weight is 327 g/mol. The zero-order valence-electron chi connectivity index (χ0n) is 10.5. The molecule has 1 unspecified atom stereocenters. The van der Waals surface area contributed by atoms with Crippen LogP contribution in [0.25, 0.3) is 0 Å². The van der Waals surface area contributed by atoms with Gasteiger partial charge in [0.25, 0.3) is 0 Å². The number of benzene rings is 1. The third kappa shape index (κ3) is 3.03. The predicted octanol–water partition coefficient (Wildman–Crippen LogP) is 4.40. The Morgan fingerprint density at radius 3 is 2.83 bits per heavy atom. The molecule has 0 aliphatic rings. The Labute approximate surface area is 119 Å². The van der Waals surface area contributed by atoms with Gasteiger partial charge in [0.1, 0.15) is 5.75 Å². The van der Waals surface area contributed by atoms with Crippen molar-refractivity contribution in [3.8, 4) is 5.75 Å². The number of rotatable bonds is 4. The molecule has 0 bridgehead atoms. The Kier molecular flexibility index (Phi) is 4.24. The van der Waals surface area contributed by atoms with Crippen molar-refractivity contribution in [1.29, 1.82) is 0 Å². The number of ether oxygens (including phenoxy) is 1. The lowest BCUT2D eigenvalue weighted by molar-refractivity contribution is 0.416. The minimum Gasteiger partial charge on any atom is -0.495 e. The molecule has 0 spiro atoms. The van der Waals surface area contributed by atoms with Crippen molar-refractivity contribution < 1.29 is 4.74 Å². The van der Waals surface area contributed by atoms with Crippen LogP contribution in [0.5, 0.6) is 5.75 Å².